The molecule has 0 aliphatic heterocycles. The fourth-order valence-electron chi connectivity index (χ4n) is 1.25. The van der Waals surface area contributed by atoms with Crippen LogP contribution in [0.25, 0.3) is 0 Å². The van der Waals surface area contributed by atoms with Crippen LogP contribution in [0.1, 0.15) is 25.8 Å². The van der Waals surface area contributed by atoms with Crippen LogP contribution in [0.5, 0.6) is 5.75 Å². The Balaban J connectivity index is 2.46. The molecule has 1 rings (SSSR count). The van der Waals surface area contributed by atoms with Gasteiger partial charge in [-0.3, -0.25) is 0 Å². The normalized spacial score (nSPS) is 11.6. The van der Waals surface area contributed by atoms with E-state index in [2.05, 4.69) is 13.8 Å². The second kappa shape index (κ2) is 5.30. The fraction of sp³-hybridized carbons (Fsp3) is 0.538. The monoisotopic (exact) mass is 225 g/mol. The van der Waals surface area contributed by atoms with Gasteiger partial charge in [0.15, 0.2) is 0 Å². The average molecular weight is 225 g/mol. The van der Waals surface area contributed by atoms with Crippen LogP contribution < -0.4 is 10.5 Å². The van der Waals surface area contributed by atoms with Crippen molar-refractivity contribution in [3.63, 3.8) is 0 Å². The number of hydrogen-bond donors (Lipinski definition) is 1. The molecule has 2 nitrogen and oxygen atoms in total. The minimum absolute atomic E-state index is 0.0923. The molecule has 0 amide bonds. The summed E-state index contributed by atoms with van der Waals surface area (Å²) in [6.45, 7) is 7.18. The van der Waals surface area contributed by atoms with E-state index >= 15 is 0 Å². The molecule has 0 fully saturated rings. The number of aryl methyl sites for hydroxylation is 1. The van der Waals surface area contributed by atoms with Crippen molar-refractivity contribution in [3.8, 4) is 5.75 Å². The van der Waals surface area contributed by atoms with Gasteiger partial charge >= 0.3 is 0 Å². The summed E-state index contributed by atoms with van der Waals surface area (Å²) >= 11 is 0. The highest BCUT2D eigenvalue weighted by Crippen LogP contribution is 2.20. The van der Waals surface area contributed by atoms with Gasteiger partial charge in [0.2, 0.25) is 0 Å². The third kappa shape index (κ3) is 3.81. The Bertz CT molecular complexity index is 350. The van der Waals surface area contributed by atoms with Gasteiger partial charge in [0, 0.05) is 0 Å². The summed E-state index contributed by atoms with van der Waals surface area (Å²) < 4.78 is 18.5. The first-order valence-electron chi connectivity index (χ1n) is 5.54. The first kappa shape index (κ1) is 13.0. The molecule has 1 aromatic carbocycles. The SMILES string of the molecule is Cc1cc(OCCC(C)(C)CN)ccc1F. The van der Waals surface area contributed by atoms with Crippen molar-refractivity contribution in [1.82, 2.24) is 0 Å². The van der Waals surface area contributed by atoms with Crippen molar-refractivity contribution in [3.05, 3.63) is 29.6 Å². The van der Waals surface area contributed by atoms with Crippen LogP contribution in [-0.2, 0) is 0 Å². The summed E-state index contributed by atoms with van der Waals surface area (Å²) in [6.07, 6.45) is 0.889. The first-order chi connectivity index (χ1) is 7.44. The van der Waals surface area contributed by atoms with Crippen molar-refractivity contribution in [2.45, 2.75) is 27.2 Å². The molecule has 3 heteroatoms. The zero-order valence-corrected chi connectivity index (χ0v) is 10.2. The van der Waals surface area contributed by atoms with Crippen LogP contribution in [0.3, 0.4) is 0 Å². The van der Waals surface area contributed by atoms with E-state index in [9.17, 15) is 4.39 Å². The average Bonchev–Trinajstić information content (AvgIpc) is 2.23. The molecule has 2 N–H and O–H groups in total. The molecule has 0 heterocycles. The summed E-state index contributed by atoms with van der Waals surface area (Å²) in [5.41, 5.74) is 6.32. The standard InChI is InChI=1S/C13H20FNO/c1-10-8-11(4-5-12(10)14)16-7-6-13(2,3)9-15/h4-5,8H,6-7,9,15H2,1-3H3. The number of hydrogen-bond acceptors (Lipinski definition) is 2. The van der Waals surface area contributed by atoms with Gasteiger partial charge in [-0.15, -0.1) is 0 Å². The zero-order valence-electron chi connectivity index (χ0n) is 10.2. The largest absolute Gasteiger partial charge is 0.494 e. The molecule has 1 aromatic rings. The first-order valence-corrected chi connectivity index (χ1v) is 5.54. The van der Waals surface area contributed by atoms with Gasteiger partial charge in [-0.1, -0.05) is 13.8 Å². The predicted octanol–water partition coefficient (Wildman–Crippen LogP) is 2.89. The molecule has 0 bridgehead atoms. The van der Waals surface area contributed by atoms with Crippen molar-refractivity contribution in [2.75, 3.05) is 13.2 Å². The van der Waals surface area contributed by atoms with Gasteiger partial charge in [0.1, 0.15) is 11.6 Å². The highest BCUT2D eigenvalue weighted by atomic mass is 19.1. The maximum absolute atomic E-state index is 13.0. The number of halogens is 1. The van der Waals surface area contributed by atoms with E-state index in [-0.39, 0.29) is 11.2 Å². The molecule has 0 saturated heterocycles. The fourth-order valence-corrected chi connectivity index (χ4v) is 1.25. The lowest BCUT2D eigenvalue weighted by Crippen LogP contribution is -2.25. The van der Waals surface area contributed by atoms with Crippen LogP contribution in [-0.4, -0.2) is 13.2 Å². The van der Waals surface area contributed by atoms with Crippen LogP contribution in [0.15, 0.2) is 18.2 Å². The minimum Gasteiger partial charge on any atom is -0.494 e. The third-order valence-electron chi connectivity index (χ3n) is 2.73. The van der Waals surface area contributed by atoms with Gasteiger partial charge in [0.25, 0.3) is 0 Å². The number of nitrogens with two attached hydrogens (primary N) is 1. The molecule has 0 spiro atoms. The molecular formula is C13H20FNO. The number of ether oxygens (including phenoxy) is 1. The summed E-state index contributed by atoms with van der Waals surface area (Å²) in [5.74, 6) is 0.515. The maximum Gasteiger partial charge on any atom is 0.126 e. The van der Waals surface area contributed by atoms with E-state index in [4.69, 9.17) is 10.5 Å². The van der Waals surface area contributed by atoms with E-state index < -0.39 is 0 Å². The van der Waals surface area contributed by atoms with Crippen LogP contribution >= 0.6 is 0 Å². The van der Waals surface area contributed by atoms with Gasteiger partial charge < -0.3 is 10.5 Å². The molecule has 0 radical (unpaired) electrons. The summed E-state index contributed by atoms with van der Waals surface area (Å²) in [7, 11) is 0. The van der Waals surface area contributed by atoms with E-state index in [1.54, 1.807) is 19.1 Å². The quantitative estimate of drug-likeness (QED) is 0.836. The lowest BCUT2D eigenvalue weighted by Gasteiger charge is -2.22. The molecular weight excluding hydrogens is 205 g/mol. The predicted molar refractivity (Wildman–Crippen MR) is 64.1 cm³/mol. The van der Waals surface area contributed by atoms with E-state index in [0.717, 1.165) is 6.42 Å². The smallest absolute Gasteiger partial charge is 0.126 e. The highest BCUT2D eigenvalue weighted by molar-refractivity contribution is 5.28. The Morgan fingerprint density at radius 1 is 1.38 bits per heavy atom. The Morgan fingerprint density at radius 2 is 2.06 bits per heavy atom. The molecule has 0 aliphatic rings. The maximum atomic E-state index is 13.0. The molecule has 0 atom stereocenters. The molecule has 0 aromatic heterocycles. The number of rotatable bonds is 5. The van der Waals surface area contributed by atoms with Crippen molar-refractivity contribution in [2.24, 2.45) is 11.1 Å². The van der Waals surface area contributed by atoms with Crippen molar-refractivity contribution >= 4 is 0 Å². The second-order valence-corrected chi connectivity index (χ2v) is 4.88. The van der Waals surface area contributed by atoms with Gasteiger partial charge in [0.05, 0.1) is 6.61 Å². The Labute approximate surface area is 96.6 Å². The molecule has 0 unspecified atom stereocenters. The number of benzene rings is 1. The summed E-state index contributed by atoms with van der Waals surface area (Å²) in [6, 6.07) is 4.79. The van der Waals surface area contributed by atoms with Crippen LogP contribution in [0, 0.1) is 18.2 Å². The summed E-state index contributed by atoms with van der Waals surface area (Å²) in [4.78, 5) is 0. The minimum atomic E-state index is -0.199. The third-order valence-corrected chi connectivity index (χ3v) is 2.73. The molecule has 90 valence electrons. The van der Waals surface area contributed by atoms with E-state index in [1.165, 1.54) is 6.07 Å². The molecule has 0 aliphatic carbocycles. The van der Waals surface area contributed by atoms with Crippen molar-refractivity contribution < 1.29 is 9.13 Å². The van der Waals surface area contributed by atoms with E-state index in [1.807, 2.05) is 0 Å². The van der Waals surface area contributed by atoms with Gasteiger partial charge in [-0.05, 0) is 49.1 Å². The highest BCUT2D eigenvalue weighted by Gasteiger charge is 2.15. The zero-order chi connectivity index (χ0) is 12.2. The Hall–Kier alpha value is -1.09. The lowest BCUT2D eigenvalue weighted by atomic mass is 9.90. The molecule has 16 heavy (non-hydrogen) atoms. The lowest BCUT2D eigenvalue weighted by molar-refractivity contribution is 0.233. The Kier molecular flexibility index (Phi) is 4.30. The topological polar surface area (TPSA) is 35.2 Å². The molecule has 0 saturated carbocycles. The van der Waals surface area contributed by atoms with Crippen molar-refractivity contribution in [1.29, 1.82) is 0 Å². The van der Waals surface area contributed by atoms with Gasteiger partial charge in [-0.2, -0.15) is 0 Å². The van der Waals surface area contributed by atoms with E-state index in [0.29, 0.717) is 24.5 Å². The second-order valence-electron chi connectivity index (χ2n) is 4.88. The van der Waals surface area contributed by atoms with Crippen LogP contribution in [0.4, 0.5) is 4.39 Å². The van der Waals surface area contributed by atoms with Crippen LogP contribution in [0.2, 0.25) is 0 Å². The van der Waals surface area contributed by atoms with Gasteiger partial charge in [-0.25, -0.2) is 4.39 Å². The summed E-state index contributed by atoms with van der Waals surface area (Å²) in [5, 5.41) is 0. The Morgan fingerprint density at radius 3 is 2.62 bits per heavy atom.